The summed E-state index contributed by atoms with van der Waals surface area (Å²) in [5.74, 6) is 1.06. The molecular weight excluding hydrogens is 209 g/mol. The highest BCUT2D eigenvalue weighted by atomic mass is 35.5. The lowest BCUT2D eigenvalue weighted by molar-refractivity contribution is 0.575. The molecule has 1 aliphatic carbocycles. The van der Waals surface area contributed by atoms with E-state index in [0.717, 1.165) is 31.8 Å². The van der Waals surface area contributed by atoms with Gasteiger partial charge >= 0.3 is 0 Å². The zero-order valence-electron chi connectivity index (χ0n) is 7.58. The number of nitrogens with one attached hydrogen (secondary N) is 1. The van der Waals surface area contributed by atoms with Crippen LogP contribution < -0.4 is 11.1 Å². The van der Waals surface area contributed by atoms with Crippen LogP contribution in [0.4, 0.5) is 0 Å². The Morgan fingerprint density at radius 3 is 2.31 bits per heavy atom. The molecule has 0 unspecified atom stereocenters. The van der Waals surface area contributed by atoms with Crippen molar-refractivity contribution in [3.05, 3.63) is 0 Å². The number of hydrogen-bond acceptors (Lipinski definition) is 3. The lowest BCUT2D eigenvalue weighted by Gasteiger charge is -2.23. The molecule has 0 spiro atoms. The lowest BCUT2D eigenvalue weighted by atomic mass is 9.98. The first-order valence-electron chi connectivity index (χ1n) is 4.39. The lowest BCUT2D eigenvalue weighted by Crippen LogP contribution is -2.50. The second-order valence-corrected chi connectivity index (χ2v) is 3.52. The third kappa shape index (κ3) is 2.48. The number of aliphatic imine (C=N–C) groups is 1. The summed E-state index contributed by atoms with van der Waals surface area (Å²) in [4.78, 5) is 4.37. The van der Waals surface area contributed by atoms with E-state index in [-0.39, 0.29) is 30.4 Å². The van der Waals surface area contributed by atoms with Crippen molar-refractivity contribution in [3.8, 4) is 0 Å². The van der Waals surface area contributed by atoms with Crippen molar-refractivity contribution >= 4 is 30.6 Å². The van der Waals surface area contributed by atoms with Gasteiger partial charge in [0.2, 0.25) is 0 Å². The Hall–Kier alpha value is 0.01000. The quantitative estimate of drug-likeness (QED) is 0.703. The fraction of sp³-hybridized carbons (Fsp3) is 0.875. The van der Waals surface area contributed by atoms with Crippen LogP contribution >= 0.6 is 24.8 Å². The Balaban J connectivity index is 0.000000720. The molecule has 1 fully saturated rings. The third-order valence-electron chi connectivity index (χ3n) is 2.64. The molecule has 0 aromatic heterocycles. The number of hydrogen-bond donors (Lipinski definition) is 2. The molecule has 5 heteroatoms. The molecule has 78 valence electrons. The van der Waals surface area contributed by atoms with E-state index in [1.165, 1.54) is 12.8 Å². The van der Waals surface area contributed by atoms with Crippen molar-refractivity contribution in [1.29, 1.82) is 0 Å². The molecule has 0 saturated heterocycles. The van der Waals surface area contributed by atoms with Crippen molar-refractivity contribution < 1.29 is 0 Å². The highest BCUT2D eigenvalue weighted by Gasteiger charge is 2.35. The minimum atomic E-state index is -0.0868. The Labute approximate surface area is 91.4 Å². The molecule has 1 saturated carbocycles. The summed E-state index contributed by atoms with van der Waals surface area (Å²) in [7, 11) is 0. The Bertz CT molecular complexity index is 188. The van der Waals surface area contributed by atoms with E-state index in [1.807, 2.05) is 0 Å². The van der Waals surface area contributed by atoms with Gasteiger partial charge < -0.3 is 11.1 Å². The predicted octanol–water partition coefficient (Wildman–Crippen LogP) is 1.10. The highest BCUT2D eigenvalue weighted by molar-refractivity contribution is 5.92. The molecular formula is C8H17Cl2N3. The average Bonchev–Trinajstić information content (AvgIpc) is 2.55. The standard InChI is InChI=1S/C8H15N3.2ClH/c9-8(3-1-2-4-8)7-10-5-6-11-7;;/h1-6,9H2,(H,10,11);2*1H. The predicted molar refractivity (Wildman–Crippen MR) is 60.2 cm³/mol. The van der Waals surface area contributed by atoms with Crippen molar-refractivity contribution in [2.75, 3.05) is 13.1 Å². The summed E-state index contributed by atoms with van der Waals surface area (Å²) in [5, 5.41) is 3.26. The highest BCUT2D eigenvalue weighted by Crippen LogP contribution is 2.28. The summed E-state index contributed by atoms with van der Waals surface area (Å²) in [5.41, 5.74) is 6.08. The Kier molecular flexibility index (Phi) is 5.04. The van der Waals surface area contributed by atoms with Gasteiger partial charge in [0.25, 0.3) is 0 Å². The molecule has 0 amide bonds. The topological polar surface area (TPSA) is 50.4 Å². The SMILES string of the molecule is Cl.Cl.NC1(C2=NCCN2)CCCC1. The minimum absolute atomic E-state index is 0. The van der Waals surface area contributed by atoms with Gasteiger partial charge in [-0.05, 0) is 12.8 Å². The molecule has 1 aliphatic heterocycles. The van der Waals surface area contributed by atoms with Crippen molar-refractivity contribution in [2.45, 2.75) is 31.2 Å². The maximum absolute atomic E-state index is 6.17. The van der Waals surface area contributed by atoms with Crippen LogP contribution in [0.1, 0.15) is 25.7 Å². The molecule has 3 nitrogen and oxygen atoms in total. The van der Waals surface area contributed by atoms with Gasteiger partial charge in [0.05, 0.1) is 12.1 Å². The largest absolute Gasteiger partial charge is 0.370 e. The minimum Gasteiger partial charge on any atom is -0.370 e. The smallest absolute Gasteiger partial charge is 0.117 e. The van der Waals surface area contributed by atoms with E-state index in [4.69, 9.17) is 5.73 Å². The molecule has 1 heterocycles. The van der Waals surface area contributed by atoms with Crippen molar-refractivity contribution in [1.82, 2.24) is 5.32 Å². The normalized spacial score (nSPS) is 23.9. The van der Waals surface area contributed by atoms with E-state index < -0.39 is 0 Å². The van der Waals surface area contributed by atoms with Gasteiger partial charge in [0, 0.05) is 6.54 Å². The van der Waals surface area contributed by atoms with Gasteiger partial charge in [-0.2, -0.15) is 0 Å². The number of amidine groups is 1. The molecule has 13 heavy (non-hydrogen) atoms. The molecule has 0 aromatic rings. The van der Waals surface area contributed by atoms with Crippen molar-refractivity contribution in [2.24, 2.45) is 10.7 Å². The van der Waals surface area contributed by atoms with Crippen LogP contribution in [-0.4, -0.2) is 24.5 Å². The number of halogens is 2. The zero-order chi connectivity index (χ0) is 7.73. The fourth-order valence-electron chi connectivity index (χ4n) is 1.97. The number of nitrogens with zero attached hydrogens (tertiary/aromatic N) is 1. The van der Waals surface area contributed by atoms with Gasteiger partial charge in [0.1, 0.15) is 5.84 Å². The van der Waals surface area contributed by atoms with E-state index >= 15 is 0 Å². The number of rotatable bonds is 1. The molecule has 0 aromatic carbocycles. The second kappa shape index (κ2) is 5.03. The fourth-order valence-corrected chi connectivity index (χ4v) is 1.97. The maximum Gasteiger partial charge on any atom is 0.117 e. The molecule has 0 bridgehead atoms. The van der Waals surface area contributed by atoms with Crippen LogP contribution in [-0.2, 0) is 0 Å². The first-order valence-corrected chi connectivity index (χ1v) is 4.39. The van der Waals surface area contributed by atoms with Crippen molar-refractivity contribution in [3.63, 3.8) is 0 Å². The molecule has 0 radical (unpaired) electrons. The zero-order valence-corrected chi connectivity index (χ0v) is 9.22. The van der Waals surface area contributed by atoms with Gasteiger partial charge in [-0.3, -0.25) is 4.99 Å². The summed E-state index contributed by atoms with van der Waals surface area (Å²) in [6, 6.07) is 0. The first kappa shape index (κ1) is 13.0. The molecule has 2 rings (SSSR count). The summed E-state index contributed by atoms with van der Waals surface area (Å²) in [6.07, 6.45) is 4.74. The average molecular weight is 226 g/mol. The van der Waals surface area contributed by atoms with Gasteiger partial charge in [-0.15, -0.1) is 24.8 Å². The van der Waals surface area contributed by atoms with Gasteiger partial charge in [0.15, 0.2) is 0 Å². The molecule has 0 atom stereocenters. The van der Waals surface area contributed by atoms with Crippen LogP contribution in [0, 0.1) is 0 Å². The summed E-state index contributed by atoms with van der Waals surface area (Å²) in [6.45, 7) is 1.89. The van der Waals surface area contributed by atoms with Gasteiger partial charge in [-0.25, -0.2) is 0 Å². The third-order valence-corrected chi connectivity index (χ3v) is 2.64. The van der Waals surface area contributed by atoms with E-state index in [0.29, 0.717) is 0 Å². The van der Waals surface area contributed by atoms with E-state index in [9.17, 15) is 0 Å². The maximum atomic E-state index is 6.17. The molecule has 2 aliphatic rings. The van der Waals surface area contributed by atoms with E-state index in [1.54, 1.807) is 0 Å². The Morgan fingerprint density at radius 2 is 1.85 bits per heavy atom. The van der Waals surface area contributed by atoms with Gasteiger partial charge in [-0.1, -0.05) is 12.8 Å². The first-order chi connectivity index (χ1) is 5.31. The number of nitrogens with two attached hydrogens (primary N) is 1. The van der Waals surface area contributed by atoms with Crippen LogP contribution in [0.2, 0.25) is 0 Å². The van der Waals surface area contributed by atoms with Crippen LogP contribution in [0.15, 0.2) is 4.99 Å². The monoisotopic (exact) mass is 225 g/mol. The van der Waals surface area contributed by atoms with E-state index in [2.05, 4.69) is 10.3 Å². The van der Waals surface area contributed by atoms with Crippen LogP contribution in [0.5, 0.6) is 0 Å². The van der Waals surface area contributed by atoms with Crippen LogP contribution in [0.3, 0.4) is 0 Å². The van der Waals surface area contributed by atoms with Crippen LogP contribution in [0.25, 0.3) is 0 Å². The summed E-state index contributed by atoms with van der Waals surface area (Å²) < 4.78 is 0. The molecule has 3 N–H and O–H groups in total. The Morgan fingerprint density at radius 1 is 1.23 bits per heavy atom. The summed E-state index contributed by atoms with van der Waals surface area (Å²) >= 11 is 0. The second-order valence-electron chi connectivity index (χ2n) is 3.52.